The first kappa shape index (κ1) is 16.7. The zero-order chi connectivity index (χ0) is 15.8. The van der Waals surface area contributed by atoms with E-state index in [1.165, 1.54) is 0 Å². The van der Waals surface area contributed by atoms with Gasteiger partial charge in [0.05, 0.1) is 11.3 Å². The summed E-state index contributed by atoms with van der Waals surface area (Å²) in [7, 11) is 0. The highest BCUT2D eigenvalue weighted by molar-refractivity contribution is 6.03. The number of rotatable bonds is 7. The summed E-state index contributed by atoms with van der Waals surface area (Å²) in [6.07, 6.45) is 0.316. The molecule has 21 heavy (non-hydrogen) atoms. The second-order valence-corrected chi connectivity index (χ2v) is 4.97. The summed E-state index contributed by atoms with van der Waals surface area (Å²) in [5.41, 5.74) is 0.814. The van der Waals surface area contributed by atoms with Crippen molar-refractivity contribution in [3.8, 4) is 0 Å². The lowest BCUT2D eigenvalue weighted by molar-refractivity contribution is -0.137. The van der Waals surface area contributed by atoms with Gasteiger partial charge in [0, 0.05) is 18.9 Å². The van der Waals surface area contributed by atoms with Crippen LogP contribution in [0, 0.1) is 0 Å². The van der Waals surface area contributed by atoms with Gasteiger partial charge in [-0.3, -0.25) is 14.4 Å². The predicted octanol–water partition coefficient (Wildman–Crippen LogP) is 2.02. The van der Waals surface area contributed by atoms with E-state index < -0.39 is 5.97 Å². The Hall–Kier alpha value is -2.37. The summed E-state index contributed by atoms with van der Waals surface area (Å²) >= 11 is 0. The van der Waals surface area contributed by atoms with E-state index in [0.29, 0.717) is 11.3 Å². The number of anilines is 1. The summed E-state index contributed by atoms with van der Waals surface area (Å²) in [5.74, 6) is -1.49. The van der Waals surface area contributed by atoms with Crippen molar-refractivity contribution in [1.29, 1.82) is 0 Å². The van der Waals surface area contributed by atoms with Gasteiger partial charge in [-0.05, 0) is 32.4 Å². The van der Waals surface area contributed by atoms with Gasteiger partial charge in [-0.15, -0.1) is 0 Å². The highest BCUT2D eigenvalue weighted by atomic mass is 16.4. The fraction of sp³-hybridized carbons (Fsp3) is 0.400. The summed E-state index contributed by atoms with van der Waals surface area (Å²) in [6.45, 7) is 3.70. The summed E-state index contributed by atoms with van der Waals surface area (Å²) in [4.78, 5) is 34.2. The van der Waals surface area contributed by atoms with Crippen molar-refractivity contribution in [2.45, 2.75) is 39.2 Å². The minimum absolute atomic E-state index is 0.00294. The average Bonchev–Trinajstić information content (AvgIpc) is 2.37. The maximum absolute atomic E-state index is 12.0. The van der Waals surface area contributed by atoms with Gasteiger partial charge in [-0.2, -0.15) is 0 Å². The smallest absolute Gasteiger partial charge is 0.303 e. The molecule has 6 heteroatoms. The second-order valence-electron chi connectivity index (χ2n) is 4.97. The van der Waals surface area contributed by atoms with Crippen LogP contribution < -0.4 is 10.6 Å². The van der Waals surface area contributed by atoms with Crippen LogP contribution in [0.1, 0.15) is 43.5 Å². The third kappa shape index (κ3) is 6.07. The molecule has 0 aliphatic carbocycles. The molecule has 6 nitrogen and oxygen atoms in total. The van der Waals surface area contributed by atoms with Crippen molar-refractivity contribution in [3.05, 3.63) is 29.8 Å². The SMILES string of the molecule is CC(C)NC(=O)c1ccccc1NC(=O)CCCC(=O)O. The zero-order valence-electron chi connectivity index (χ0n) is 12.2. The molecule has 1 rings (SSSR count). The highest BCUT2D eigenvalue weighted by Gasteiger charge is 2.13. The van der Waals surface area contributed by atoms with E-state index in [4.69, 9.17) is 5.11 Å². The lowest BCUT2D eigenvalue weighted by Crippen LogP contribution is -2.31. The lowest BCUT2D eigenvalue weighted by atomic mass is 10.1. The summed E-state index contributed by atoms with van der Waals surface area (Å²) in [6, 6.07) is 6.71. The number of para-hydroxylation sites is 1. The molecular weight excluding hydrogens is 272 g/mol. The molecule has 0 heterocycles. The molecule has 0 saturated carbocycles. The van der Waals surface area contributed by atoms with Gasteiger partial charge in [0.25, 0.3) is 5.91 Å². The largest absolute Gasteiger partial charge is 0.481 e. The minimum atomic E-state index is -0.931. The number of carbonyl (C=O) groups is 3. The van der Waals surface area contributed by atoms with Crippen LogP contribution in [0.3, 0.4) is 0 Å². The molecule has 0 bridgehead atoms. The van der Waals surface area contributed by atoms with Crippen LogP contribution in [0.4, 0.5) is 5.69 Å². The molecule has 2 amide bonds. The number of benzene rings is 1. The fourth-order valence-electron chi connectivity index (χ4n) is 1.74. The molecule has 0 aromatic heterocycles. The van der Waals surface area contributed by atoms with E-state index in [-0.39, 0.29) is 37.1 Å². The Morgan fingerprint density at radius 1 is 1.14 bits per heavy atom. The first-order valence-corrected chi connectivity index (χ1v) is 6.81. The topological polar surface area (TPSA) is 95.5 Å². The quantitative estimate of drug-likeness (QED) is 0.716. The first-order valence-electron chi connectivity index (χ1n) is 6.81. The maximum Gasteiger partial charge on any atom is 0.303 e. The van der Waals surface area contributed by atoms with Gasteiger partial charge in [0.2, 0.25) is 5.91 Å². The molecule has 1 aromatic carbocycles. The Balaban J connectivity index is 2.68. The Bertz CT molecular complexity index is 526. The number of carboxylic acids is 1. The highest BCUT2D eigenvalue weighted by Crippen LogP contribution is 2.15. The number of hydrogen-bond acceptors (Lipinski definition) is 3. The second kappa shape index (κ2) is 8.04. The third-order valence-corrected chi connectivity index (χ3v) is 2.66. The Morgan fingerprint density at radius 2 is 1.81 bits per heavy atom. The van der Waals surface area contributed by atoms with E-state index >= 15 is 0 Å². The third-order valence-electron chi connectivity index (χ3n) is 2.66. The molecule has 0 radical (unpaired) electrons. The normalized spacial score (nSPS) is 10.2. The molecule has 0 fully saturated rings. The average molecular weight is 292 g/mol. The molecule has 0 aliphatic rings. The Labute approximate surface area is 123 Å². The number of carbonyl (C=O) groups excluding carboxylic acids is 2. The Morgan fingerprint density at radius 3 is 2.43 bits per heavy atom. The van der Waals surface area contributed by atoms with Gasteiger partial charge in [0.1, 0.15) is 0 Å². The van der Waals surface area contributed by atoms with E-state index in [1.54, 1.807) is 24.3 Å². The molecule has 114 valence electrons. The monoisotopic (exact) mass is 292 g/mol. The summed E-state index contributed by atoms with van der Waals surface area (Å²) in [5, 5.41) is 13.9. The molecule has 0 unspecified atom stereocenters. The Kier molecular flexibility index (Phi) is 6.39. The van der Waals surface area contributed by atoms with E-state index in [1.807, 2.05) is 13.8 Å². The van der Waals surface area contributed by atoms with Gasteiger partial charge < -0.3 is 15.7 Å². The molecule has 0 atom stereocenters. The van der Waals surface area contributed by atoms with Crippen molar-refractivity contribution in [2.24, 2.45) is 0 Å². The molecule has 0 aliphatic heterocycles. The molecule has 0 saturated heterocycles. The standard InChI is InChI=1S/C15H20N2O4/c1-10(2)16-15(21)11-6-3-4-7-12(11)17-13(18)8-5-9-14(19)20/h3-4,6-7,10H,5,8-9H2,1-2H3,(H,16,21)(H,17,18)(H,19,20). The van der Waals surface area contributed by atoms with Crippen LogP contribution in [-0.4, -0.2) is 28.9 Å². The number of carboxylic acid groups (broad SMARTS) is 1. The summed E-state index contributed by atoms with van der Waals surface area (Å²) < 4.78 is 0. The first-order chi connectivity index (χ1) is 9.90. The number of amides is 2. The van der Waals surface area contributed by atoms with Crippen LogP contribution in [0.5, 0.6) is 0 Å². The van der Waals surface area contributed by atoms with Crippen LogP contribution >= 0.6 is 0 Å². The predicted molar refractivity (Wildman–Crippen MR) is 79.2 cm³/mol. The van der Waals surface area contributed by atoms with Gasteiger partial charge in [-0.1, -0.05) is 12.1 Å². The van der Waals surface area contributed by atoms with E-state index in [9.17, 15) is 14.4 Å². The van der Waals surface area contributed by atoms with Crippen molar-refractivity contribution in [1.82, 2.24) is 5.32 Å². The zero-order valence-corrected chi connectivity index (χ0v) is 12.2. The van der Waals surface area contributed by atoms with E-state index in [2.05, 4.69) is 10.6 Å². The fourth-order valence-corrected chi connectivity index (χ4v) is 1.74. The molecule has 0 spiro atoms. The van der Waals surface area contributed by atoms with Crippen LogP contribution in [0.25, 0.3) is 0 Å². The molecule has 1 aromatic rings. The number of hydrogen-bond donors (Lipinski definition) is 3. The van der Waals surface area contributed by atoms with Crippen molar-refractivity contribution < 1.29 is 19.5 Å². The van der Waals surface area contributed by atoms with Gasteiger partial charge in [-0.25, -0.2) is 0 Å². The maximum atomic E-state index is 12.0. The van der Waals surface area contributed by atoms with Crippen LogP contribution in [0.15, 0.2) is 24.3 Å². The van der Waals surface area contributed by atoms with Gasteiger partial charge >= 0.3 is 5.97 Å². The van der Waals surface area contributed by atoms with Crippen molar-refractivity contribution in [3.63, 3.8) is 0 Å². The molecule has 3 N–H and O–H groups in total. The van der Waals surface area contributed by atoms with Gasteiger partial charge in [0.15, 0.2) is 0 Å². The van der Waals surface area contributed by atoms with Crippen LogP contribution in [0.2, 0.25) is 0 Å². The van der Waals surface area contributed by atoms with Crippen molar-refractivity contribution in [2.75, 3.05) is 5.32 Å². The minimum Gasteiger partial charge on any atom is -0.481 e. The lowest BCUT2D eigenvalue weighted by Gasteiger charge is -2.13. The van der Waals surface area contributed by atoms with Crippen LogP contribution in [-0.2, 0) is 9.59 Å². The number of nitrogens with one attached hydrogen (secondary N) is 2. The van der Waals surface area contributed by atoms with Crippen molar-refractivity contribution >= 4 is 23.5 Å². The molecular formula is C15H20N2O4. The van der Waals surface area contributed by atoms with E-state index in [0.717, 1.165) is 0 Å². The number of aliphatic carboxylic acids is 1.